The average Bonchev–Trinajstić information content (AvgIpc) is 2.79. The molecule has 3 aromatic rings. The van der Waals surface area contributed by atoms with Crippen LogP contribution in [-0.4, -0.2) is 41.7 Å². The Kier molecular flexibility index (Phi) is 6.34. The van der Waals surface area contributed by atoms with Gasteiger partial charge in [-0.05, 0) is 25.0 Å². The zero-order valence-corrected chi connectivity index (χ0v) is 19.1. The molecule has 1 atom stereocenters. The van der Waals surface area contributed by atoms with Gasteiger partial charge in [-0.15, -0.1) is 4.73 Å². The molecule has 0 saturated carbocycles. The minimum absolute atomic E-state index is 0.0186. The van der Waals surface area contributed by atoms with Crippen LogP contribution in [0.15, 0.2) is 41.5 Å². The summed E-state index contributed by atoms with van der Waals surface area (Å²) in [5, 5.41) is 3.35. The number of anilines is 1. The molecule has 1 aliphatic heterocycles. The third-order valence-corrected chi connectivity index (χ3v) is 7.17. The Bertz CT molecular complexity index is 1450. The molecule has 0 fully saturated rings. The van der Waals surface area contributed by atoms with Gasteiger partial charge >= 0.3 is 0 Å². The number of halogens is 3. The van der Waals surface area contributed by atoms with Gasteiger partial charge in [-0.25, -0.2) is 31.6 Å². The van der Waals surface area contributed by atoms with E-state index in [-0.39, 0.29) is 40.5 Å². The standard InChI is InChI=1S/C22H21F3N4O4S/c1-12(14-4-3-5-15(18(14)23)19(24)25)28-20-17-10-16(13-6-8-34(31,32)9-7-13)22(30)29(33-2)21(17)27-11-26-20/h3-6,10-12,19H,7-9H2,1-2H3,(H,26,27,28)/t12-/m1/s1. The molecule has 12 heteroatoms. The number of benzene rings is 1. The second-order valence-electron chi connectivity index (χ2n) is 7.81. The van der Waals surface area contributed by atoms with E-state index in [1.807, 2.05) is 0 Å². The van der Waals surface area contributed by atoms with Crippen LogP contribution in [0.1, 0.15) is 42.5 Å². The third kappa shape index (κ3) is 4.37. The van der Waals surface area contributed by atoms with Gasteiger partial charge in [-0.3, -0.25) is 4.79 Å². The maximum atomic E-state index is 14.7. The van der Waals surface area contributed by atoms with Gasteiger partial charge in [0.15, 0.2) is 15.5 Å². The first-order valence-corrected chi connectivity index (χ1v) is 12.1. The summed E-state index contributed by atoms with van der Waals surface area (Å²) in [5.74, 6) is -1.06. The van der Waals surface area contributed by atoms with Crippen LogP contribution >= 0.6 is 0 Å². The molecule has 0 amide bonds. The number of fused-ring (bicyclic) bond motifs is 1. The van der Waals surface area contributed by atoms with E-state index < -0.39 is 39.2 Å². The number of aromatic nitrogens is 3. The van der Waals surface area contributed by atoms with Gasteiger partial charge in [0.1, 0.15) is 25.1 Å². The third-order valence-electron chi connectivity index (χ3n) is 5.67. The summed E-state index contributed by atoms with van der Waals surface area (Å²) in [7, 11) is -1.92. The first-order valence-electron chi connectivity index (χ1n) is 10.3. The molecule has 0 unspecified atom stereocenters. The molecule has 2 aromatic heterocycles. The fourth-order valence-electron chi connectivity index (χ4n) is 3.88. The molecular weight excluding hydrogens is 473 g/mol. The summed E-state index contributed by atoms with van der Waals surface area (Å²) in [6.45, 7) is 1.59. The monoisotopic (exact) mass is 494 g/mol. The maximum absolute atomic E-state index is 14.7. The summed E-state index contributed by atoms with van der Waals surface area (Å²) >= 11 is 0. The topological polar surface area (TPSA) is 103 Å². The maximum Gasteiger partial charge on any atom is 0.292 e. The Morgan fingerprint density at radius 3 is 2.59 bits per heavy atom. The van der Waals surface area contributed by atoms with Crippen LogP contribution in [0.4, 0.5) is 19.0 Å². The van der Waals surface area contributed by atoms with Crippen LogP contribution in [0, 0.1) is 5.82 Å². The van der Waals surface area contributed by atoms with Crippen LogP contribution in [-0.2, 0) is 9.84 Å². The van der Waals surface area contributed by atoms with E-state index >= 15 is 0 Å². The lowest BCUT2D eigenvalue weighted by atomic mass is 10.0. The molecule has 8 nitrogen and oxygen atoms in total. The molecule has 180 valence electrons. The van der Waals surface area contributed by atoms with Crippen molar-refractivity contribution in [3.8, 4) is 0 Å². The highest BCUT2D eigenvalue weighted by atomic mass is 32.2. The van der Waals surface area contributed by atoms with Gasteiger partial charge in [0.05, 0.1) is 28.5 Å². The van der Waals surface area contributed by atoms with Gasteiger partial charge in [-0.2, -0.15) is 0 Å². The first kappa shape index (κ1) is 23.7. The highest BCUT2D eigenvalue weighted by Crippen LogP contribution is 2.31. The average molecular weight is 494 g/mol. The molecule has 1 aromatic carbocycles. The minimum atomic E-state index is -3.21. The summed E-state index contributed by atoms with van der Waals surface area (Å²) < 4.78 is 65.5. The van der Waals surface area contributed by atoms with Gasteiger partial charge in [0.2, 0.25) is 0 Å². The summed E-state index contributed by atoms with van der Waals surface area (Å²) in [4.78, 5) is 26.6. The number of nitrogens with zero attached hydrogens (tertiary/aromatic N) is 3. The van der Waals surface area contributed by atoms with E-state index in [0.29, 0.717) is 11.0 Å². The van der Waals surface area contributed by atoms with Crippen LogP contribution in [0.2, 0.25) is 0 Å². The van der Waals surface area contributed by atoms with Gasteiger partial charge < -0.3 is 10.2 Å². The van der Waals surface area contributed by atoms with Crippen LogP contribution in [0.3, 0.4) is 0 Å². The van der Waals surface area contributed by atoms with E-state index in [1.54, 1.807) is 6.92 Å². The predicted molar refractivity (Wildman–Crippen MR) is 121 cm³/mol. The molecule has 1 aliphatic rings. The van der Waals surface area contributed by atoms with Crippen molar-refractivity contribution in [2.45, 2.75) is 25.8 Å². The largest absolute Gasteiger partial charge is 0.412 e. The van der Waals surface area contributed by atoms with Gasteiger partial charge in [0, 0.05) is 11.1 Å². The van der Waals surface area contributed by atoms with E-state index in [2.05, 4.69) is 15.3 Å². The summed E-state index contributed by atoms with van der Waals surface area (Å²) in [6, 6.07) is 4.53. The number of allylic oxidation sites excluding steroid dienone is 1. The normalized spacial score (nSPS) is 16.4. The van der Waals surface area contributed by atoms with Crippen LogP contribution in [0.25, 0.3) is 16.6 Å². The van der Waals surface area contributed by atoms with Crippen molar-refractivity contribution in [3.05, 3.63) is 69.5 Å². The minimum Gasteiger partial charge on any atom is -0.412 e. The molecule has 0 bridgehead atoms. The Labute approximate surface area is 193 Å². The second-order valence-corrected chi connectivity index (χ2v) is 10.0. The first-order chi connectivity index (χ1) is 16.1. The van der Waals surface area contributed by atoms with Crippen molar-refractivity contribution in [2.75, 3.05) is 23.9 Å². The van der Waals surface area contributed by atoms with Crippen molar-refractivity contribution >= 4 is 32.3 Å². The number of hydrogen-bond donors (Lipinski definition) is 1. The highest BCUT2D eigenvalue weighted by molar-refractivity contribution is 7.91. The van der Waals surface area contributed by atoms with Crippen molar-refractivity contribution in [1.82, 2.24) is 14.7 Å². The van der Waals surface area contributed by atoms with E-state index in [4.69, 9.17) is 4.84 Å². The number of pyridine rings is 1. The molecule has 4 rings (SSSR count). The molecule has 0 radical (unpaired) electrons. The van der Waals surface area contributed by atoms with E-state index in [1.165, 1.54) is 37.7 Å². The van der Waals surface area contributed by atoms with Gasteiger partial charge in [-0.1, -0.05) is 24.3 Å². The number of hydrogen-bond acceptors (Lipinski definition) is 7. The number of rotatable bonds is 6. The van der Waals surface area contributed by atoms with E-state index in [9.17, 15) is 26.4 Å². The number of sulfone groups is 1. The van der Waals surface area contributed by atoms with Gasteiger partial charge in [0.25, 0.3) is 12.0 Å². The Morgan fingerprint density at radius 1 is 1.21 bits per heavy atom. The lowest BCUT2D eigenvalue weighted by molar-refractivity contribution is 0.146. The summed E-state index contributed by atoms with van der Waals surface area (Å²) in [6.07, 6.45) is -0.125. The summed E-state index contributed by atoms with van der Waals surface area (Å²) in [5.41, 5.74) is -0.300. The fraction of sp³-hybridized carbons (Fsp3) is 0.318. The van der Waals surface area contributed by atoms with Crippen molar-refractivity contribution in [2.24, 2.45) is 0 Å². The number of nitrogens with one attached hydrogen (secondary N) is 1. The zero-order chi connectivity index (χ0) is 24.6. The van der Waals surface area contributed by atoms with Crippen LogP contribution in [0.5, 0.6) is 0 Å². The van der Waals surface area contributed by atoms with Crippen molar-refractivity contribution in [1.29, 1.82) is 0 Å². The quantitative estimate of drug-likeness (QED) is 0.561. The number of alkyl halides is 2. The fourth-order valence-corrected chi connectivity index (χ4v) is 5.04. The lowest BCUT2D eigenvalue weighted by Crippen LogP contribution is -2.29. The lowest BCUT2D eigenvalue weighted by Gasteiger charge is -2.20. The molecule has 3 heterocycles. The molecule has 0 aliphatic carbocycles. The van der Waals surface area contributed by atoms with Crippen LogP contribution < -0.4 is 15.7 Å². The van der Waals surface area contributed by atoms with Crippen molar-refractivity contribution in [3.63, 3.8) is 0 Å². The molecule has 34 heavy (non-hydrogen) atoms. The second kappa shape index (κ2) is 9.09. The SMILES string of the molecule is COn1c(=O)c(C2=CCS(=O)(=O)CC2)cc2c(N[C@H](C)c3cccc(C(F)F)c3F)ncnc21. The molecule has 1 N–H and O–H groups in total. The molecule has 0 spiro atoms. The zero-order valence-electron chi connectivity index (χ0n) is 18.3. The Hall–Kier alpha value is -3.41. The Morgan fingerprint density at radius 2 is 1.94 bits per heavy atom. The molecular formula is C22H21F3N4O4S. The smallest absolute Gasteiger partial charge is 0.292 e. The predicted octanol–water partition coefficient (Wildman–Crippen LogP) is 3.30. The Balaban J connectivity index is 1.81. The van der Waals surface area contributed by atoms with Crippen molar-refractivity contribution < 1.29 is 26.4 Å². The molecule has 0 saturated heterocycles. The van der Waals surface area contributed by atoms with E-state index in [0.717, 1.165) is 10.8 Å². The highest BCUT2D eigenvalue weighted by Gasteiger charge is 2.24.